The Bertz CT molecular complexity index is 1060. The van der Waals surface area contributed by atoms with Gasteiger partial charge < -0.3 is 9.80 Å². The van der Waals surface area contributed by atoms with Crippen molar-refractivity contribution in [2.45, 2.75) is 26.2 Å². The van der Waals surface area contributed by atoms with Gasteiger partial charge in [0.1, 0.15) is 0 Å². The molecule has 1 aromatic heterocycles. The minimum atomic E-state index is 0.0268. The third-order valence-electron chi connectivity index (χ3n) is 6.03. The average Bonchev–Trinajstić information content (AvgIpc) is 2.83. The summed E-state index contributed by atoms with van der Waals surface area (Å²) in [5.74, 6) is 0.0268. The van der Waals surface area contributed by atoms with E-state index in [0.717, 1.165) is 37.4 Å². The molecule has 3 aromatic rings. The number of nitrogens with zero attached hydrogens (tertiary/aromatic N) is 3. The van der Waals surface area contributed by atoms with Crippen LogP contribution >= 0.6 is 0 Å². The van der Waals surface area contributed by atoms with Crippen LogP contribution in [-0.4, -0.2) is 36.9 Å². The first kappa shape index (κ1) is 21.8. The molecule has 1 saturated heterocycles. The van der Waals surface area contributed by atoms with Crippen molar-refractivity contribution < 1.29 is 4.79 Å². The SMILES string of the molecule is CC(C)(C)c1ccc(C=CC(=O)c2ccc(N3CCN(c4ccncc4)CC3)cc2)cc1. The zero-order chi connectivity index (χ0) is 22.6. The van der Waals surface area contributed by atoms with Crippen molar-refractivity contribution in [3.8, 4) is 0 Å². The van der Waals surface area contributed by atoms with Gasteiger partial charge in [0.05, 0.1) is 0 Å². The van der Waals surface area contributed by atoms with Crippen LogP contribution in [0.5, 0.6) is 0 Å². The number of allylic oxidation sites excluding steroid dienone is 1. The predicted octanol–water partition coefficient (Wildman–Crippen LogP) is 5.60. The Morgan fingerprint density at radius 3 is 1.84 bits per heavy atom. The third kappa shape index (κ3) is 5.25. The highest BCUT2D eigenvalue weighted by Crippen LogP contribution is 2.23. The first-order valence-electron chi connectivity index (χ1n) is 11.2. The molecule has 4 rings (SSSR count). The van der Waals surface area contributed by atoms with E-state index in [-0.39, 0.29) is 11.2 Å². The quantitative estimate of drug-likeness (QED) is 0.394. The van der Waals surface area contributed by atoms with E-state index in [1.807, 2.05) is 30.6 Å². The summed E-state index contributed by atoms with van der Waals surface area (Å²) in [6, 6.07) is 20.5. The van der Waals surface area contributed by atoms with Crippen molar-refractivity contribution in [2.75, 3.05) is 36.0 Å². The van der Waals surface area contributed by atoms with Crippen molar-refractivity contribution in [1.29, 1.82) is 0 Å². The summed E-state index contributed by atoms with van der Waals surface area (Å²) in [6.45, 7) is 10.5. The van der Waals surface area contributed by atoms with E-state index < -0.39 is 0 Å². The Hall–Kier alpha value is -3.40. The third-order valence-corrected chi connectivity index (χ3v) is 6.03. The number of piperazine rings is 1. The van der Waals surface area contributed by atoms with Gasteiger partial charge in [0.15, 0.2) is 5.78 Å². The van der Waals surface area contributed by atoms with E-state index in [1.54, 1.807) is 6.08 Å². The minimum Gasteiger partial charge on any atom is -0.368 e. The molecule has 2 heterocycles. The summed E-state index contributed by atoms with van der Waals surface area (Å²) in [6.07, 6.45) is 7.23. The number of carbonyl (C=O) groups is 1. The van der Waals surface area contributed by atoms with E-state index in [0.29, 0.717) is 5.56 Å². The van der Waals surface area contributed by atoms with Crippen LogP contribution in [0.1, 0.15) is 42.3 Å². The smallest absolute Gasteiger partial charge is 0.185 e. The van der Waals surface area contributed by atoms with Crippen LogP contribution in [0.15, 0.2) is 79.1 Å². The highest BCUT2D eigenvalue weighted by atomic mass is 16.1. The van der Waals surface area contributed by atoms with Crippen molar-refractivity contribution in [3.05, 3.63) is 95.8 Å². The molecule has 0 amide bonds. The number of carbonyl (C=O) groups excluding carboxylic acids is 1. The normalized spacial score (nSPS) is 14.7. The molecule has 4 nitrogen and oxygen atoms in total. The van der Waals surface area contributed by atoms with Gasteiger partial charge in [-0.15, -0.1) is 0 Å². The molecule has 32 heavy (non-hydrogen) atoms. The van der Waals surface area contributed by atoms with E-state index in [1.165, 1.54) is 11.3 Å². The van der Waals surface area contributed by atoms with Gasteiger partial charge in [0, 0.05) is 55.5 Å². The standard InChI is InChI=1S/C28H31N3O/c1-28(2,3)24-9-4-22(5-10-24)6-13-27(32)23-7-11-25(12-8-23)30-18-20-31(21-19-30)26-14-16-29-17-15-26/h4-17H,18-21H2,1-3H3. The van der Waals surface area contributed by atoms with Crippen molar-refractivity contribution in [3.63, 3.8) is 0 Å². The fraction of sp³-hybridized carbons (Fsp3) is 0.286. The largest absolute Gasteiger partial charge is 0.368 e. The molecule has 164 valence electrons. The molecule has 1 fully saturated rings. The first-order valence-corrected chi connectivity index (χ1v) is 11.2. The van der Waals surface area contributed by atoms with Crippen LogP contribution in [0.2, 0.25) is 0 Å². The van der Waals surface area contributed by atoms with Crippen molar-refractivity contribution in [2.24, 2.45) is 0 Å². The molecule has 0 N–H and O–H groups in total. The second kappa shape index (κ2) is 9.39. The maximum atomic E-state index is 12.6. The lowest BCUT2D eigenvalue weighted by atomic mass is 9.87. The number of hydrogen-bond donors (Lipinski definition) is 0. The Kier molecular flexibility index (Phi) is 6.40. The molecule has 0 bridgehead atoms. The summed E-state index contributed by atoms with van der Waals surface area (Å²) in [4.78, 5) is 21.5. The number of anilines is 2. The van der Waals surface area contributed by atoms with Gasteiger partial charge in [0.2, 0.25) is 0 Å². The lowest BCUT2D eigenvalue weighted by Crippen LogP contribution is -2.46. The molecule has 0 saturated carbocycles. The van der Waals surface area contributed by atoms with Crippen LogP contribution < -0.4 is 9.80 Å². The molecule has 1 aliphatic rings. The fourth-order valence-electron chi connectivity index (χ4n) is 3.98. The highest BCUT2D eigenvalue weighted by molar-refractivity contribution is 6.07. The van der Waals surface area contributed by atoms with Gasteiger partial charge in [-0.3, -0.25) is 9.78 Å². The predicted molar refractivity (Wildman–Crippen MR) is 134 cm³/mol. The maximum absolute atomic E-state index is 12.6. The lowest BCUT2D eigenvalue weighted by molar-refractivity contribution is 0.104. The van der Waals surface area contributed by atoms with Gasteiger partial charge >= 0.3 is 0 Å². The Morgan fingerprint density at radius 1 is 0.781 bits per heavy atom. The molecule has 1 aliphatic heterocycles. The van der Waals surface area contributed by atoms with Crippen LogP contribution in [0, 0.1) is 0 Å². The molecule has 4 heteroatoms. The van der Waals surface area contributed by atoms with Gasteiger partial charge in [-0.1, -0.05) is 51.1 Å². The van der Waals surface area contributed by atoms with Crippen molar-refractivity contribution in [1.82, 2.24) is 4.98 Å². The molecule has 0 atom stereocenters. The summed E-state index contributed by atoms with van der Waals surface area (Å²) < 4.78 is 0. The molecule has 0 unspecified atom stereocenters. The second-order valence-electron chi connectivity index (χ2n) is 9.30. The molecular formula is C28H31N3O. The Labute approximate surface area is 191 Å². The minimum absolute atomic E-state index is 0.0268. The zero-order valence-corrected chi connectivity index (χ0v) is 19.2. The number of aromatic nitrogens is 1. The zero-order valence-electron chi connectivity index (χ0n) is 19.2. The van der Waals surface area contributed by atoms with Gasteiger partial charge in [-0.25, -0.2) is 0 Å². The number of rotatable bonds is 5. The van der Waals surface area contributed by atoms with Crippen LogP contribution in [0.25, 0.3) is 6.08 Å². The lowest BCUT2D eigenvalue weighted by Gasteiger charge is -2.37. The van der Waals surface area contributed by atoms with Crippen LogP contribution in [-0.2, 0) is 5.41 Å². The fourth-order valence-corrected chi connectivity index (χ4v) is 3.98. The molecule has 2 aromatic carbocycles. The van der Waals surface area contributed by atoms with E-state index in [2.05, 4.69) is 84.1 Å². The van der Waals surface area contributed by atoms with E-state index in [9.17, 15) is 4.79 Å². The molecular weight excluding hydrogens is 394 g/mol. The van der Waals surface area contributed by atoms with Gasteiger partial charge in [-0.05, 0) is 59.0 Å². The van der Waals surface area contributed by atoms with Crippen molar-refractivity contribution >= 4 is 23.2 Å². The average molecular weight is 426 g/mol. The van der Waals surface area contributed by atoms with Crippen LogP contribution in [0.3, 0.4) is 0 Å². The number of benzene rings is 2. The van der Waals surface area contributed by atoms with Gasteiger partial charge in [-0.2, -0.15) is 0 Å². The van der Waals surface area contributed by atoms with E-state index in [4.69, 9.17) is 0 Å². The summed E-state index contributed by atoms with van der Waals surface area (Å²) in [5, 5.41) is 0. The summed E-state index contributed by atoms with van der Waals surface area (Å²) in [5.41, 5.74) is 5.56. The van der Waals surface area contributed by atoms with E-state index >= 15 is 0 Å². The Balaban J connectivity index is 1.34. The number of pyridine rings is 1. The number of hydrogen-bond acceptors (Lipinski definition) is 4. The first-order chi connectivity index (χ1) is 15.4. The highest BCUT2D eigenvalue weighted by Gasteiger charge is 2.17. The monoisotopic (exact) mass is 425 g/mol. The summed E-state index contributed by atoms with van der Waals surface area (Å²) in [7, 11) is 0. The van der Waals surface area contributed by atoms with Gasteiger partial charge in [0.25, 0.3) is 0 Å². The van der Waals surface area contributed by atoms with Crippen LogP contribution in [0.4, 0.5) is 11.4 Å². The molecule has 0 aliphatic carbocycles. The summed E-state index contributed by atoms with van der Waals surface area (Å²) >= 11 is 0. The topological polar surface area (TPSA) is 36.4 Å². The second-order valence-corrected chi connectivity index (χ2v) is 9.30. The molecule has 0 spiro atoms. The molecule has 0 radical (unpaired) electrons. The maximum Gasteiger partial charge on any atom is 0.185 e. The Morgan fingerprint density at radius 2 is 1.31 bits per heavy atom. The number of ketones is 1.